The molecule has 2 aromatic carbocycles. The van der Waals surface area contributed by atoms with E-state index < -0.39 is 5.60 Å². The summed E-state index contributed by atoms with van der Waals surface area (Å²) in [6.07, 6.45) is 3.26. The van der Waals surface area contributed by atoms with E-state index in [9.17, 15) is 4.79 Å². The van der Waals surface area contributed by atoms with Crippen LogP contribution >= 0.6 is 23.2 Å². The van der Waals surface area contributed by atoms with Crippen LogP contribution in [0, 0.1) is 0 Å². The van der Waals surface area contributed by atoms with Crippen molar-refractivity contribution in [2.75, 3.05) is 40.4 Å². The van der Waals surface area contributed by atoms with Gasteiger partial charge in [0.25, 0.3) is 0 Å². The van der Waals surface area contributed by atoms with E-state index in [0.717, 1.165) is 49.4 Å². The number of halogens is 2. The van der Waals surface area contributed by atoms with Gasteiger partial charge in [0.15, 0.2) is 0 Å². The summed E-state index contributed by atoms with van der Waals surface area (Å²) in [4.78, 5) is 13.9. The van der Waals surface area contributed by atoms with E-state index in [0.29, 0.717) is 18.1 Å². The summed E-state index contributed by atoms with van der Waals surface area (Å²) in [7, 11) is 3.51. The van der Waals surface area contributed by atoms with Gasteiger partial charge < -0.3 is 24.4 Å². The molecule has 209 valence electrons. The van der Waals surface area contributed by atoms with Crippen LogP contribution in [0.1, 0.15) is 57.6 Å². The van der Waals surface area contributed by atoms with Gasteiger partial charge >= 0.3 is 6.09 Å². The number of hydrogen-bond acceptors (Lipinski definition) is 5. The maximum Gasteiger partial charge on any atom is 0.410 e. The molecule has 2 saturated heterocycles. The van der Waals surface area contributed by atoms with Crippen LogP contribution in [0.4, 0.5) is 4.79 Å². The van der Waals surface area contributed by atoms with Crippen molar-refractivity contribution >= 4 is 29.3 Å². The van der Waals surface area contributed by atoms with Crippen LogP contribution in [0.2, 0.25) is 10.0 Å². The second-order valence-electron chi connectivity index (χ2n) is 10.6. The zero-order chi connectivity index (χ0) is 27.1. The fourth-order valence-electron chi connectivity index (χ4n) is 4.94. The fourth-order valence-corrected chi connectivity index (χ4v) is 5.19. The molecular formula is C29H40Cl2N2O4V. The molecule has 1 amide bonds. The summed E-state index contributed by atoms with van der Waals surface area (Å²) < 4.78 is 17.0. The number of carbonyl (C=O) groups is 1. The van der Waals surface area contributed by atoms with Crippen LogP contribution < -0.4 is 5.32 Å². The minimum Gasteiger partial charge on any atom is -0.444 e. The van der Waals surface area contributed by atoms with Gasteiger partial charge in [0.05, 0.1) is 11.2 Å². The smallest absolute Gasteiger partial charge is 0.410 e. The summed E-state index contributed by atoms with van der Waals surface area (Å²) in [5.74, 6) is 0. The molecule has 0 spiro atoms. The average molecular weight is 602 g/mol. The number of benzene rings is 2. The third kappa shape index (κ3) is 8.63. The molecule has 0 saturated carbocycles. The molecule has 0 aliphatic carbocycles. The second kappa shape index (κ2) is 14.4. The Morgan fingerprint density at radius 3 is 1.55 bits per heavy atom. The quantitative estimate of drug-likeness (QED) is 0.419. The SMILES string of the molecule is COC1(c2ccc(Cl)cc2)CCN(C(=O)OC(C)(C)C)CC1.COC1(c2ccc(Cl)cc2)CCNCC1.[V]. The summed E-state index contributed by atoms with van der Waals surface area (Å²) >= 11 is 11.8. The topological polar surface area (TPSA) is 60.0 Å². The Hall–Kier alpha value is -1.25. The van der Waals surface area contributed by atoms with Crippen LogP contribution in [-0.4, -0.2) is 57.0 Å². The van der Waals surface area contributed by atoms with Crippen LogP contribution in [0.3, 0.4) is 0 Å². The normalized spacial score (nSPS) is 18.4. The van der Waals surface area contributed by atoms with Gasteiger partial charge in [0.2, 0.25) is 0 Å². The summed E-state index contributed by atoms with van der Waals surface area (Å²) in [6, 6.07) is 15.7. The number of carbonyl (C=O) groups excluding carboxylic acids is 1. The van der Waals surface area contributed by atoms with E-state index >= 15 is 0 Å². The standard InChI is InChI=1S/C17H24ClNO3.C12H16ClNO.V/c1-16(2,3)22-15(20)19-11-9-17(21-4,10-12-19)13-5-7-14(18)8-6-13;1-15-12(6-8-14-9-7-12)10-2-4-11(13)5-3-10;/h5-8H,9-12H2,1-4H3;2-5,14H,6-9H2,1H3;. The molecular weight excluding hydrogens is 562 g/mol. The Balaban J connectivity index is 0.000000277. The van der Waals surface area contributed by atoms with Gasteiger partial charge in [-0.2, -0.15) is 0 Å². The molecule has 2 aliphatic rings. The minimum absolute atomic E-state index is 0. The van der Waals surface area contributed by atoms with E-state index in [-0.39, 0.29) is 35.9 Å². The van der Waals surface area contributed by atoms with E-state index in [2.05, 4.69) is 17.4 Å². The first kappa shape index (κ1) is 33.0. The van der Waals surface area contributed by atoms with Crippen molar-refractivity contribution in [3.8, 4) is 0 Å². The largest absolute Gasteiger partial charge is 0.444 e. The first-order chi connectivity index (χ1) is 17.5. The van der Waals surface area contributed by atoms with Crippen molar-refractivity contribution < 1.29 is 37.6 Å². The Morgan fingerprint density at radius 1 is 0.789 bits per heavy atom. The van der Waals surface area contributed by atoms with Gasteiger partial charge in [-0.25, -0.2) is 4.79 Å². The van der Waals surface area contributed by atoms with E-state index in [4.69, 9.17) is 37.4 Å². The van der Waals surface area contributed by atoms with E-state index in [1.807, 2.05) is 57.2 Å². The molecule has 1 radical (unpaired) electrons. The van der Waals surface area contributed by atoms with Crippen molar-refractivity contribution in [3.63, 3.8) is 0 Å². The molecule has 6 nitrogen and oxygen atoms in total. The molecule has 0 atom stereocenters. The average Bonchev–Trinajstić information content (AvgIpc) is 2.89. The van der Waals surface area contributed by atoms with Crippen LogP contribution in [-0.2, 0) is 44.0 Å². The minimum atomic E-state index is -0.469. The number of nitrogens with one attached hydrogen (secondary N) is 1. The monoisotopic (exact) mass is 601 g/mol. The van der Waals surface area contributed by atoms with Crippen molar-refractivity contribution in [2.24, 2.45) is 0 Å². The van der Waals surface area contributed by atoms with Gasteiger partial charge in [0, 0.05) is 55.9 Å². The molecule has 4 rings (SSSR count). The summed E-state index contributed by atoms with van der Waals surface area (Å²) in [6.45, 7) is 8.88. The number of nitrogens with zero attached hydrogens (tertiary/aromatic N) is 1. The second-order valence-corrected chi connectivity index (χ2v) is 11.5. The first-order valence-corrected chi connectivity index (χ1v) is 13.6. The van der Waals surface area contributed by atoms with Gasteiger partial charge in [-0.15, -0.1) is 0 Å². The number of ether oxygens (including phenoxy) is 3. The van der Waals surface area contributed by atoms with Crippen LogP contribution in [0.5, 0.6) is 0 Å². The Morgan fingerprint density at radius 2 is 1.18 bits per heavy atom. The van der Waals surface area contributed by atoms with Crippen LogP contribution in [0.25, 0.3) is 0 Å². The number of piperidine rings is 2. The third-order valence-electron chi connectivity index (χ3n) is 7.16. The molecule has 38 heavy (non-hydrogen) atoms. The molecule has 0 bridgehead atoms. The zero-order valence-electron chi connectivity index (χ0n) is 23.1. The Kier molecular flexibility index (Phi) is 12.5. The predicted molar refractivity (Wildman–Crippen MR) is 149 cm³/mol. The Labute approximate surface area is 249 Å². The number of amides is 1. The maximum atomic E-state index is 12.1. The number of hydrogen-bond donors (Lipinski definition) is 1. The molecule has 0 aromatic heterocycles. The summed E-state index contributed by atoms with van der Waals surface area (Å²) in [5.41, 5.74) is 1.39. The molecule has 9 heteroatoms. The number of methoxy groups -OCH3 is 2. The van der Waals surface area contributed by atoms with Gasteiger partial charge in [0.1, 0.15) is 5.60 Å². The van der Waals surface area contributed by atoms with E-state index in [1.54, 1.807) is 19.1 Å². The summed E-state index contributed by atoms with van der Waals surface area (Å²) in [5, 5.41) is 4.84. The van der Waals surface area contributed by atoms with Crippen molar-refractivity contribution in [1.82, 2.24) is 10.2 Å². The molecule has 2 fully saturated rings. The fraction of sp³-hybridized carbons (Fsp3) is 0.552. The van der Waals surface area contributed by atoms with Gasteiger partial charge in [-0.1, -0.05) is 47.5 Å². The van der Waals surface area contributed by atoms with Gasteiger partial charge in [-0.05, 0) is 94.9 Å². The Bertz CT molecular complexity index is 999. The van der Waals surface area contributed by atoms with Gasteiger partial charge in [-0.3, -0.25) is 0 Å². The van der Waals surface area contributed by atoms with Crippen molar-refractivity contribution in [1.29, 1.82) is 0 Å². The number of likely N-dealkylation sites (tertiary alicyclic amines) is 1. The first-order valence-electron chi connectivity index (χ1n) is 12.8. The molecule has 2 aromatic rings. The molecule has 1 N–H and O–H groups in total. The molecule has 2 aliphatic heterocycles. The number of rotatable bonds is 4. The molecule has 2 heterocycles. The van der Waals surface area contributed by atoms with Crippen molar-refractivity contribution in [2.45, 2.75) is 63.3 Å². The maximum absolute atomic E-state index is 12.1. The predicted octanol–water partition coefficient (Wildman–Crippen LogP) is 6.78. The molecule has 0 unspecified atom stereocenters. The third-order valence-corrected chi connectivity index (χ3v) is 7.66. The van der Waals surface area contributed by atoms with Crippen molar-refractivity contribution in [3.05, 3.63) is 69.7 Å². The van der Waals surface area contributed by atoms with E-state index in [1.165, 1.54) is 5.56 Å². The zero-order valence-corrected chi connectivity index (χ0v) is 26.0. The van der Waals surface area contributed by atoms with Crippen LogP contribution in [0.15, 0.2) is 48.5 Å².